The van der Waals surface area contributed by atoms with Gasteiger partial charge in [-0.2, -0.15) is 0 Å². The van der Waals surface area contributed by atoms with Crippen LogP contribution in [0.15, 0.2) is 0 Å². The molecule has 0 aliphatic rings. The van der Waals surface area contributed by atoms with Crippen molar-refractivity contribution in [3.05, 3.63) is 0 Å². The van der Waals surface area contributed by atoms with Crippen LogP contribution in [0.1, 0.15) is 40.0 Å². The Morgan fingerprint density at radius 2 is 1.94 bits per heavy atom. The van der Waals surface area contributed by atoms with E-state index in [9.17, 15) is 4.79 Å². The van der Waals surface area contributed by atoms with Gasteiger partial charge >= 0.3 is 5.97 Å². The smallest absolute Gasteiger partial charge is 0.320 e. The third-order valence-corrected chi connectivity index (χ3v) is 2.33. The van der Waals surface area contributed by atoms with Crippen molar-refractivity contribution in [3.63, 3.8) is 0 Å². The Bertz CT molecular complexity index is 183. The molecule has 1 unspecified atom stereocenters. The van der Waals surface area contributed by atoms with Crippen molar-refractivity contribution in [1.82, 2.24) is 5.32 Å². The lowest BCUT2D eigenvalue weighted by atomic mass is 10.1. The number of hydrogen-bond acceptors (Lipinski definition) is 3. The summed E-state index contributed by atoms with van der Waals surface area (Å²) in [6.07, 6.45) is 2.51. The van der Waals surface area contributed by atoms with Crippen molar-refractivity contribution in [3.8, 4) is 0 Å². The Kier molecular flexibility index (Phi) is 9.24. The number of rotatable bonds is 10. The van der Waals surface area contributed by atoms with E-state index in [-0.39, 0.29) is 0 Å². The summed E-state index contributed by atoms with van der Waals surface area (Å²) in [4.78, 5) is 10.9. The molecule has 0 aromatic carbocycles. The summed E-state index contributed by atoms with van der Waals surface area (Å²) in [5.74, 6) is -0.158. The molecule has 16 heavy (non-hydrogen) atoms. The number of nitrogens with one attached hydrogen (secondary N) is 1. The molecule has 0 aromatic rings. The fourth-order valence-corrected chi connectivity index (χ4v) is 1.25. The average molecular weight is 231 g/mol. The molecule has 0 aliphatic carbocycles. The molecule has 0 amide bonds. The number of carbonyl (C=O) groups is 1. The summed E-state index contributed by atoms with van der Waals surface area (Å²) >= 11 is 0. The highest BCUT2D eigenvalue weighted by atomic mass is 16.5. The number of ether oxygens (including phenoxy) is 1. The average Bonchev–Trinajstić information content (AvgIpc) is 2.21. The first-order chi connectivity index (χ1) is 7.57. The Morgan fingerprint density at radius 3 is 2.44 bits per heavy atom. The predicted molar refractivity (Wildman–Crippen MR) is 64.6 cm³/mol. The van der Waals surface area contributed by atoms with Crippen LogP contribution in [0, 0.1) is 5.92 Å². The molecule has 2 N–H and O–H groups in total. The molecule has 0 saturated heterocycles. The summed E-state index contributed by atoms with van der Waals surface area (Å²) < 4.78 is 5.40. The minimum absolute atomic E-state index is 0.473. The van der Waals surface area contributed by atoms with E-state index in [1.807, 2.05) is 6.92 Å². The Hall–Kier alpha value is -0.610. The maximum Gasteiger partial charge on any atom is 0.320 e. The van der Waals surface area contributed by atoms with E-state index in [1.165, 1.54) is 0 Å². The molecule has 0 bridgehead atoms. The largest absolute Gasteiger partial charge is 0.480 e. The summed E-state index contributed by atoms with van der Waals surface area (Å²) in [6.45, 7) is 8.28. The first kappa shape index (κ1) is 15.4. The van der Waals surface area contributed by atoms with Gasteiger partial charge in [0.1, 0.15) is 6.04 Å². The second-order valence-electron chi connectivity index (χ2n) is 4.43. The van der Waals surface area contributed by atoms with Crippen LogP contribution in [-0.4, -0.2) is 36.9 Å². The first-order valence-electron chi connectivity index (χ1n) is 6.11. The van der Waals surface area contributed by atoms with Crippen LogP contribution in [0.4, 0.5) is 0 Å². The van der Waals surface area contributed by atoms with Crippen LogP contribution < -0.4 is 5.32 Å². The molecule has 1 atom stereocenters. The molecule has 0 spiro atoms. The molecule has 0 aliphatic heterocycles. The van der Waals surface area contributed by atoms with Gasteiger partial charge in [0, 0.05) is 13.2 Å². The molecule has 0 fully saturated rings. The van der Waals surface area contributed by atoms with Gasteiger partial charge in [0.05, 0.1) is 0 Å². The number of carboxylic acids is 1. The van der Waals surface area contributed by atoms with E-state index in [4.69, 9.17) is 9.84 Å². The lowest BCUT2D eigenvalue weighted by molar-refractivity contribution is -0.140. The van der Waals surface area contributed by atoms with Crippen LogP contribution in [0.3, 0.4) is 0 Å². The molecule has 0 aromatic heterocycles. The summed E-state index contributed by atoms with van der Waals surface area (Å²) in [5, 5.41) is 11.9. The highest BCUT2D eigenvalue weighted by molar-refractivity contribution is 5.73. The maximum atomic E-state index is 10.9. The predicted octanol–water partition coefficient (Wildman–Crippen LogP) is 1.89. The second kappa shape index (κ2) is 9.60. The minimum Gasteiger partial charge on any atom is -0.480 e. The zero-order chi connectivity index (χ0) is 12.4. The van der Waals surface area contributed by atoms with Crippen LogP contribution >= 0.6 is 0 Å². The summed E-state index contributed by atoms with van der Waals surface area (Å²) in [5.41, 5.74) is 0. The first-order valence-corrected chi connectivity index (χ1v) is 6.11. The quantitative estimate of drug-likeness (QED) is 0.564. The molecular formula is C12H25NO3. The van der Waals surface area contributed by atoms with Gasteiger partial charge in [0.2, 0.25) is 0 Å². The van der Waals surface area contributed by atoms with E-state index in [0.29, 0.717) is 18.9 Å². The van der Waals surface area contributed by atoms with Gasteiger partial charge in [0.25, 0.3) is 0 Å². The van der Waals surface area contributed by atoms with Crippen LogP contribution in [-0.2, 0) is 9.53 Å². The van der Waals surface area contributed by atoms with Gasteiger partial charge in [-0.3, -0.25) is 4.79 Å². The third-order valence-electron chi connectivity index (χ3n) is 2.33. The molecule has 96 valence electrons. The van der Waals surface area contributed by atoms with E-state index in [0.717, 1.165) is 26.0 Å². The number of carboxylic acid groups (broad SMARTS) is 1. The highest BCUT2D eigenvalue weighted by Gasteiger charge is 2.15. The molecule has 0 radical (unpaired) electrons. The van der Waals surface area contributed by atoms with E-state index >= 15 is 0 Å². The number of hydrogen-bond donors (Lipinski definition) is 2. The van der Waals surface area contributed by atoms with E-state index in [1.54, 1.807) is 0 Å². The Morgan fingerprint density at radius 1 is 1.31 bits per heavy atom. The third kappa shape index (κ3) is 8.68. The SMILES string of the molecule is CCCNC(CCOCCC(C)C)C(=O)O. The zero-order valence-corrected chi connectivity index (χ0v) is 10.7. The minimum atomic E-state index is -0.791. The van der Waals surface area contributed by atoms with Crippen molar-refractivity contribution in [1.29, 1.82) is 0 Å². The molecule has 4 nitrogen and oxygen atoms in total. The van der Waals surface area contributed by atoms with Crippen molar-refractivity contribution in [2.45, 2.75) is 46.1 Å². The lowest BCUT2D eigenvalue weighted by Gasteiger charge is -2.14. The molecule has 0 heterocycles. The van der Waals surface area contributed by atoms with Gasteiger partial charge in [-0.15, -0.1) is 0 Å². The van der Waals surface area contributed by atoms with Gasteiger partial charge < -0.3 is 15.2 Å². The topological polar surface area (TPSA) is 58.6 Å². The second-order valence-corrected chi connectivity index (χ2v) is 4.43. The Labute approximate surface area is 98.4 Å². The zero-order valence-electron chi connectivity index (χ0n) is 10.7. The summed E-state index contributed by atoms with van der Waals surface area (Å²) in [7, 11) is 0. The van der Waals surface area contributed by atoms with Crippen LogP contribution in [0.5, 0.6) is 0 Å². The normalized spacial score (nSPS) is 13.0. The van der Waals surface area contributed by atoms with Gasteiger partial charge in [0.15, 0.2) is 0 Å². The van der Waals surface area contributed by atoms with Crippen molar-refractivity contribution < 1.29 is 14.6 Å². The van der Waals surface area contributed by atoms with Gasteiger partial charge in [-0.25, -0.2) is 0 Å². The molecule has 4 heteroatoms. The standard InChI is InChI=1S/C12H25NO3/c1-4-7-13-11(12(14)15)6-9-16-8-5-10(2)3/h10-11,13H,4-9H2,1-3H3,(H,14,15). The van der Waals surface area contributed by atoms with Crippen LogP contribution in [0.25, 0.3) is 0 Å². The Balaban J connectivity index is 3.56. The monoisotopic (exact) mass is 231 g/mol. The molecular weight excluding hydrogens is 206 g/mol. The van der Waals surface area contributed by atoms with Crippen molar-refractivity contribution in [2.75, 3.05) is 19.8 Å². The lowest BCUT2D eigenvalue weighted by Crippen LogP contribution is -2.38. The number of aliphatic carboxylic acids is 1. The van der Waals surface area contributed by atoms with E-state index < -0.39 is 12.0 Å². The molecule has 0 saturated carbocycles. The fourth-order valence-electron chi connectivity index (χ4n) is 1.25. The van der Waals surface area contributed by atoms with Gasteiger partial charge in [-0.1, -0.05) is 20.8 Å². The highest BCUT2D eigenvalue weighted by Crippen LogP contribution is 2.00. The summed E-state index contributed by atoms with van der Waals surface area (Å²) in [6, 6.07) is -0.473. The van der Waals surface area contributed by atoms with E-state index in [2.05, 4.69) is 19.2 Å². The van der Waals surface area contributed by atoms with Crippen molar-refractivity contribution in [2.24, 2.45) is 5.92 Å². The maximum absolute atomic E-state index is 10.9. The van der Waals surface area contributed by atoms with Crippen LogP contribution in [0.2, 0.25) is 0 Å². The van der Waals surface area contributed by atoms with Crippen molar-refractivity contribution >= 4 is 5.97 Å². The fraction of sp³-hybridized carbons (Fsp3) is 0.917. The van der Waals surface area contributed by atoms with Gasteiger partial charge in [-0.05, 0) is 31.7 Å². The molecule has 0 rings (SSSR count).